The molecule has 11 heteroatoms. The molecule has 3 rings (SSSR count). The fourth-order valence-electron chi connectivity index (χ4n) is 2.88. The lowest BCUT2D eigenvalue weighted by molar-refractivity contribution is -0.138. The maximum Gasteiger partial charge on any atom is 0.796 e. The van der Waals surface area contributed by atoms with Crippen LogP contribution in [0.3, 0.4) is 0 Å². The van der Waals surface area contributed by atoms with Gasteiger partial charge in [0.15, 0.2) is 0 Å². The number of aliphatic imine (C=N–C) groups is 1. The van der Waals surface area contributed by atoms with E-state index in [1.807, 2.05) is 0 Å². The lowest BCUT2D eigenvalue weighted by Crippen LogP contribution is -2.09. The van der Waals surface area contributed by atoms with Gasteiger partial charge in [-0.05, 0) is 36.4 Å². The average molecular weight is 483 g/mol. The highest BCUT2D eigenvalue weighted by atomic mass is 19.4. The third-order valence-electron chi connectivity index (χ3n) is 4.49. The predicted molar refractivity (Wildman–Crippen MR) is 113 cm³/mol. The van der Waals surface area contributed by atoms with Crippen LogP contribution in [0.4, 0.5) is 40.7 Å². The van der Waals surface area contributed by atoms with Crippen LogP contribution < -0.4 is 0 Å². The SMILES string of the molecule is FB(F)O/C(=C\C(=Nc1ccccc1)c1ccc(C(F)(F)F)cc1)c1ccc(C(F)(F)F)cc1. The van der Waals surface area contributed by atoms with Gasteiger partial charge in [0.1, 0.15) is 5.76 Å². The lowest BCUT2D eigenvalue weighted by Gasteiger charge is -2.13. The molecule has 0 aliphatic carbocycles. The van der Waals surface area contributed by atoms with Crippen LogP contribution in [0.15, 0.2) is 89.9 Å². The molecule has 0 atom stereocenters. The third-order valence-corrected chi connectivity index (χ3v) is 4.49. The maximum atomic E-state index is 13.1. The van der Waals surface area contributed by atoms with Crippen LogP contribution in [0.2, 0.25) is 0 Å². The van der Waals surface area contributed by atoms with E-state index in [1.54, 1.807) is 30.3 Å². The van der Waals surface area contributed by atoms with Crippen molar-refractivity contribution in [3.63, 3.8) is 0 Å². The molecule has 0 heterocycles. The number of hydrogen-bond acceptors (Lipinski definition) is 2. The number of halogens is 8. The molecule has 0 unspecified atom stereocenters. The van der Waals surface area contributed by atoms with Crippen molar-refractivity contribution in [1.29, 1.82) is 0 Å². The van der Waals surface area contributed by atoms with Crippen molar-refractivity contribution in [2.45, 2.75) is 12.4 Å². The minimum absolute atomic E-state index is 0.0459. The van der Waals surface area contributed by atoms with E-state index in [0.29, 0.717) is 17.8 Å². The van der Waals surface area contributed by atoms with Gasteiger partial charge in [-0.25, -0.2) is 13.6 Å². The first-order valence-corrected chi connectivity index (χ1v) is 9.59. The standard InChI is InChI=1S/C23H14BF8NO/c25-22(26,27)17-10-6-15(7-11-17)20(33-19-4-2-1-3-5-19)14-21(34-24(31)32)16-8-12-18(13-9-16)23(28,29)30/h1-14H/b21-14-,33-20?. The molecule has 3 aromatic carbocycles. The Hall–Kier alpha value is -3.63. The summed E-state index contributed by atoms with van der Waals surface area (Å²) in [5.41, 5.74) is -1.58. The monoisotopic (exact) mass is 483 g/mol. The van der Waals surface area contributed by atoms with Gasteiger partial charge in [0.05, 0.1) is 22.5 Å². The van der Waals surface area contributed by atoms with E-state index in [2.05, 4.69) is 9.65 Å². The molecule has 0 fully saturated rings. The van der Waals surface area contributed by atoms with E-state index >= 15 is 0 Å². The molecular weight excluding hydrogens is 469 g/mol. The first kappa shape index (κ1) is 25.0. The van der Waals surface area contributed by atoms with Crippen LogP contribution in [0.25, 0.3) is 5.76 Å². The molecule has 176 valence electrons. The first-order valence-electron chi connectivity index (χ1n) is 9.59. The van der Waals surface area contributed by atoms with Crippen molar-refractivity contribution in [3.8, 4) is 0 Å². The predicted octanol–water partition coefficient (Wildman–Crippen LogP) is 7.83. The Balaban J connectivity index is 2.11. The summed E-state index contributed by atoms with van der Waals surface area (Å²) in [4.78, 5) is 4.30. The fraction of sp³-hybridized carbons (Fsp3) is 0.0870. The molecule has 34 heavy (non-hydrogen) atoms. The zero-order valence-corrected chi connectivity index (χ0v) is 17.0. The number of rotatable bonds is 6. The smallest absolute Gasteiger partial charge is 0.505 e. The summed E-state index contributed by atoms with van der Waals surface area (Å²) in [6.45, 7) is 0. The van der Waals surface area contributed by atoms with Gasteiger partial charge in [-0.15, -0.1) is 0 Å². The van der Waals surface area contributed by atoms with Crippen LogP contribution in [0.5, 0.6) is 0 Å². The minimum Gasteiger partial charge on any atom is -0.505 e. The first-order chi connectivity index (χ1) is 15.9. The number of para-hydroxylation sites is 1. The Labute approximate surface area is 189 Å². The molecule has 0 saturated carbocycles. The maximum absolute atomic E-state index is 13.1. The van der Waals surface area contributed by atoms with E-state index in [4.69, 9.17) is 0 Å². The highest BCUT2D eigenvalue weighted by molar-refractivity contribution is 6.36. The number of alkyl halides is 6. The van der Waals surface area contributed by atoms with E-state index in [-0.39, 0.29) is 16.8 Å². The van der Waals surface area contributed by atoms with Gasteiger partial charge in [0.2, 0.25) is 0 Å². The Morgan fingerprint density at radius 1 is 0.676 bits per heavy atom. The third kappa shape index (κ3) is 6.69. The van der Waals surface area contributed by atoms with Crippen molar-refractivity contribution in [3.05, 3.63) is 107 Å². The highest BCUT2D eigenvalue weighted by Crippen LogP contribution is 2.32. The van der Waals surface area contributed by atoms with Crippen LogP contribution in [-0.4, -0.2) is 13.2 Å². The summed E-state index contributed by atoms with van der Waals surface area (Å²) in [5, 5.41) is 0. The zero-order chi connectivity index (χ0) is 24.9. The van der Waals surface area contributed by atoms with Gasteiger partial charge in [-0.3, -0.25) is 0 Å². The second kappa shape index (κ2) is 10.1. The zero-order valence-electron chi connectivity index (χ0n) is 17.0. The van der Waals surface area contributed by atoms with Crippen LogP contribution in [-0.2, 0) is 17.0 Å². The van der Waals surface area contributed by atoms with Gasteiger partial charge < -0.3 is 4.65 Å². The molecule has 0 radical (unpaired) electrons. The number of benzene rings is 3. The van der Waals surface area contributed by atoms with E-state index in [1.165, 1.54) is 0 Å². The van der Waals surface area contributed by atoms with Crippen molar-refractivity contribution in [2.75, 3.05) is 0 Å². The molecule has 0 aliphatic rings. The Morgan fingerprint density at radius 2 is 1.15 bits per heavy atom. The van der Waals surface area contributed by atoms with Gasteiger partial charge >= 0.3 is 19.8 Å². The van der Waals surface area contributed by atoms with E-state index in [9.17, 15) is 35.0 Å². The Morgan fingerprint density at radius 3 is 1.59 bits per heavy atom. The normalized spacial score (nSPS) is 13.1. The average Bonchev–Trinajstić information content (AvgIpc) is 2.77. The van der Waals surface area contributed by atoms with Crippen LogP contribution in [0, 0.1) is 0 Å². The summed E-state index contributed by atoms with van der Waals surface area (Å²) < 4.78 is 108. The van der Waals surface area contributed by atoms with Crippen molar-refractivity contribution in [1.82, 2.24) is 0 Å². The van der Waals surface area contributed by atoms with Gasteiger partial charge in [-0.2, -0.15) is 26.3 Å². The second-order valence-corrected chi connectivity index (χ2v) is 6.87. The lowest BCUT2D eigenvalue weighted by atomic mass is 10.0. The molecule has 0 spiro atoms. The molecule has 3 aromatic rings. The van der Waals surface area contributed by atoms with E-state index < -0.39 is 36.7 Å². The van der Waals surface area contributed by atoms with Gasteiger partial charge in [0, 0.05) is 17.2 Å². The molecule has 0 amide bonds. The summed E-state index contributed by atoms with van der Waals surface area (Å²) >= 11 is 0. The fourth-order valence-corrected chi connectivity index (χ4v) is 2.88. The van der Waals surface area contributed by atoms with Crippen LogP contribution in [0.1, 0.15) is 22.3 Å². The molecule has 0 bridgehead atoms. The molecule has 0 saturated heterocycles. The van der Waals surface area contributed by atoms with Crippen molar-refractivity contribution < 1.29 is 39.6 Å². The number of hydrogen-bond donors (Lipinski definition) is 0. The second-order valence-electron chi connectivity index (χ2n) is 6.87. The molecule has 0 aromatic heterocycles. The number of nitrogens with zero attached hydrogens (tertiary/aromatic N) is 1. The molecule has 2 nitrogen and oxygen atoms in total. The molecule has 0 aliphatic heterocycles. The quantitative estimate of drug-likeness (QED) is 0.152. The number of allylic oxidation sites excluding steroid dienone is 1. The summed E-state index contributed by atoms with van der Waals surface area (Å²) in [6.07, 6.45) is -8.19. The summed E-state index contributed by atoms with van der Waals surface area (Å²) in [7, 11) is -3.32. The van der Waals surface area contributed by atoms with Crippen LogP contribution >= 0.6 is 0 Å². The van der Waals surface area contributed by atoms with Gasteiger partial charge in [0.25, 0.3) is 0 Å². The van der Waals surface area contributed by atoms with Gasteiger partial charge in [-0.1, -0.05) is 42.5 Å². The largest absolute Gasteiger partial charge is 0.796 e. The topological polar surface area (TPSA) is 21.6 Å². The Kier molecular flexibility index (Phi) is 7.43. The Bertz CT molecular complexity index is 1150. The van der Waals surface area contributed by atoms with Crippen molar-refractivity contribution in [2.24, 2.45) is 4.99 Å². The summed E-state index contributed by atoms with van der Waals surface area (Å²) in [5.74, 6) is -0.515. The molecular formula is C23H14BF8NO. The highest BCUT2D eigenvalue weighted by Gasteiger charge is 2.31. The summed E-state index contributed by atoms with van der Waals surface area (Å²) in [6, 6.07) is 15.2. The van der Waals surface area contributed by atoms with E-state index in [0.717, 1.165) is 42.5 Å². The minimum atomic E-state index is -4.63. The van der Waals surface area contributed by atoms with Crippen molar-refractivity contribution >= 4 is 24.6 Å². The molecule has 0 N–H and O–H groups in total.